The van der Waals surface area contributed by atoms with Gasteiger partial charge in [-0.25, -0.2) is 4.98 Å². The molecule has 0 saturated carbocycles. The van der Waals surface area contributed by atoms with E-state index >= 15 is 0 Å². The summed E-state index contributed by atoms with van der Waals surface area (Å²) in [6, 6.07) is 3.57. The number of aromatic nitrogens is 3. The highest BCUT2D eigenvalue weighted by Gasteiger charge is 2.43. The summed E-state index contributed by atoms with van der Waals surface area (Å²) in [6.45, 7) is 6.99. The smallest absolute Gasteiger partial charge is 0.255 e. The molecule has 0 aliphatic carbocycles. The monoisotopic (exact) mass is 383 g/mol. The van der Waals surface area contributed by atoms with E-state index in [1.165, 1.54) is 0 Å². The molecule has 2 fully saturated rings. The van der Waals surface area contributed by atoms with Crippen molar-refractivity contribution in [2.45, 2.75) is 45.4 Å². The maximum Gasteiger partial charge on any atom is 0.255 e. The fraction of sp³-hybridized carbons (Fsp3) is 0.571. The first-order valence-electron chi connectivity index (χ1n) is 10.2. The molecule has 2 aliphatic rings. The van der Waals surface area contributed by atoms with Crippen molar-refractivity contribution in [1.29, 1.82) is 0 Å². The van der Waals surface area contributed by atoms with E-state index in [1.54, 1.807) is 24.5 Å². The van der Waals surface area contributed by atoms with Crippen LogP contribution in [0.5, 0.6) is 0 Å². The maximum absolute atomic E-state index is 12.9. The molecular formula is C21H29N5O2. The van der Waals surface area contributed by atoms with E-state index in [9.17, 15) is 9.90 Å². The second kappa shape index (κ2) is 8.01. The Morgan fingerprint density at radius 1 is 1.32 bits per heavy atom. The van der Waals surface area contributed by atoms with Crippen molar-refractivity contribution >= 4 is 5.91 Å². The van der Waals surface area contributed by atoms with Crippen LogP contribution in [0.15, 0.2) is 36.9 Å². The number of piperidine rings is 2. The maximum atomic E-state index is 12.9. The Kier molecular flexibility index (Phi) is 5.46. The zero-order valence-electron chi connectivity index (χ0n) is 16.5. The van der Waals surface area contributed by atoms with Crippen LogP contribution in [0.1, 0.15) is 42.4 Å². The van der Waals surface area contributed by atoms with Gasteiger partial charge in [-0.1, -0.05) is 0 Å². The number of hydrogen-bond acceptors (Lipinski definition) is 5. The topological polar surface area (TPSA) is 74.5 Å². The van der Waals surface area contributed by atoms with Gasteiger partial charge < -0.3 is 14.6 Å². The largest absolute Gasteiger partial charge is 0.391 e. The summed E-state index contributed by atoms with van der Waals surface area (Å²) in [5.41, 5.74) is 0.599. The summed E-state index contributed by atoms with van der Waals surface area (Å²) in [5, 5.41) is 10.5. The van der Waals surface area contributed by atoms with Crippen LogP contribution in [-0.4, -0.2) is 67.6 Å². The number of hydrogen-bond donors (Lipinski definition) is 1. The highest BCUT2D eigenvalue weighted by Crippen LogP contribution is 2.40. The van der Waals surface area contributed by atoms with Crippen molar-refractivity contribution in [2.75, 3.05) is 26.2 Å². The number of imidazole rings is 1. The fourth-order valence-electron chi connectivity index (χ4n) is 4.71. The van der Waals surface area contributed by atoms with Crippen LogP contribution in [0, 0.1) is 5.41 Å². The lowest BCUT2D eigenvalue weighted by molar-refractivity contribution is -0.0341. The Bertz CT molecular complexity index is 798. The van der Waals surface area contributed by atoms with Crippen LogP contribution in [-0.2, 0) is 13.1 Å². The summed E-state index contributed by atoms with van der Waals surface area (Å²) in [7, 11) is 0. The van der Waals surface area contributed by atoms with Crippen LogP contribution in [0.25, 0.3) is 0 Å². The van der Waals surface area contributed by atoms with Crippen molar-refractivity contribution in [2.24, 2.45) is 5.41 Å². The minimum Gasteiger partial charge on any atom is -0.391 e. The second-order valence-electron chi connectivity index (χ2n) is 8.19. The highest BCUT2D eigenvalue weighted by atomic mass is 16.3. The number of aliphatic hydroxyl groups excluding tert-OH is 1. The van der Waals surface area contributed by atoms with Crippen molar-refractivity contribution < 1.29 is 9.90 Å². The quantitative estimate of drug-likeness (QED) is 0.871. The van der Waals surface area contributed by atoms with E-state index in [1.807, 2.05) is 17.3 Å². The van der Waals surface area contributed by atoms with Gasteiger partial charge in [0.25, 0.3) is 5.91 Å². The molecule has 0 radical (unpaired) electrons. The van der Waals surface area contributed by atoms with E-state index in [4.69, 9.17) is 0 Å². The van der Waals surface area contributed by atoms with Crippen molar-refractivity contribution in [3.63, 3.8) is 0 Å². The second-order valence-corrected chi connectivity index (χ2v) is 8.19. The van der Waals surface area contributed by atoms with Crippen LogP contribution in [0.4, 0.5) is 0 Å². The average Bonchev–Trinajstić information content (AvgIpc) is 3.16. The van der Waals surface area contributed by atoms with Gasteiger partial charge in [-0.15, -0.1) is 0 Å². The number of amides is 1. The van der Waals surface area contributed by atoms with E-state index in [0.29, 0.717) is 12.1 Å². The summed E-state index contributed by atoms with van der Waals surface area (Å²) in [5.74, 6) is 1.08. The van der Waals surface area contributed by atoms with Crippen LogP contribution < -0.4 is 0 Å². The number of β-amino-alcohol motifs (C(OH)–C–C–N with tert-alkyl or cyclic N) is 1. The van der Waals surface area contributed by atoms with Gasteiger partial charge in [-0.2, -0.15) is 0 Å². The lowest BCUT2D eigenvalue weighted by atomic mass is 9.71. The highest BCUT2D eigenvalue weighted by molar-refractivity contribution is 5.94. The predicted octanol–water partition coefficient (Wildman–Crippen LogP) is 1.79. The van der Waals surface area contributed by atoms with Crippen molar-refractivity contribution in [3.8, 4) is 0 Å². The normalized spacial score (nSPS) is 22.5. The fourth-order valence-corrected chi connectivity index (χ4v) is 4.71. The van der Waals surface area contributed by atoms with Gasteiger partial charge >= 0.3 is 0 Å². The Hall–Kier alpha value is -2.25. The molecule has 0 bridgehead atoms. The first-order valence-corrected chi connectivity index (χ1v) is 10.2. The van der Waals surface area contributed by atoms with Gasteiger partial charge in [0.1, 0.15) is 5.82 Å². The number of pyridine rings is 1. The number of carbonyl (C=O) groups is 1. The number of nitrogens with zero attached hydrogens (tertiary/aromatic N) is 5. The molecule has 4 heterocycles. The van der Waals surface area contributed by atoms with E-state index in [2.05, 4.69) is 26.4 Å². The van der Waals surface area contributed by atoms with E-state index in [-0.39, 0.29) is 11.3 Å². The van der Waals surface area contributed by atoms with E-state index in [0.717, 1.165) is 57.8 Å². The molecule has 150 valence electrons. The minimum atomic E-state index is -0.458. The summed E-state index contributed by atoms with van der Waals surface area (Å²) in [4.78, 5) is 25.7. The van der Waals surface area contributed by atoms with Crippen LogP contribution in [0.2, 0.25) is 0 Å². The lowest BCUT2D eigenvalue weighted by Gasteiger charge is -2.49. The number of aryl methyl sites for hydroxylation is 1. The first kappa shape index (κ1) is 19.1. The number of carbonyl (C=O) groups excluding carboxylic acids is 1. The molecule has 2 aliphatic heterocycles. The molecule has 7 heteroatoms. The molecule has 2 aromatic heterocycles. The molecule has 7 nitrogen and oxygen atoms in total. The standard InChI is InChI=1S/C21H29N5O2/c1-2-25-11-8-23-19(25)15-24-9-5-21(6-10-24)12-18(27)14-26(16-21)20(28)17-4-3-7-22-13-17/h3-4,7-8,11,13,18,27H,2,5-6,9-10,12,14-16H2,1H3. The van der Waals surface area contributed by atoms with Gasteiger partial charge in [-0.05, 0) is 56.8 Å². The summed E-state index contributed by atoms with van der Waals surface area (Å²) >= 11 is 0. The molecule has 1 atom stereocenters. The van der Waals surface area contributed by atoms with E-state index < -0.39 is 6.10 Å². The summed E-state index contributed by atoms with van der Waals surface area (Å²) < 4.78 is 2.18. The average molecular weight is 383 g/mol. The zero-order valence-corrected chi connectivity index (χ0v) is 16.5. The molecule has 1 N–H and O–H groups in total. The van der Waals surface area contributed by atoms with Gasteiger partial charge in [0.05, 0.1) is 18.2 Å². The molecular weight excluding hydrogens is 354 g/mol. The molecule has 28 heavy (non-hydrogen) atoms. The Labute approximate surface area is 166 Å². The van der Waals surface area contributed by atoms with Gasteiger partial charge in [0.2, 0.25) is 0 Å². The minimum absolute atomic E-state index is 0.00617. The Balaban J connectivity index is 1.40. The molecule has 1 unspecified atom stereocenters. The SMILES string of the molecule is CCn1ccnc1CN1CCC2(CC1)CC(O)CN(C(=O)c1cccnc1)C2. The Morgan fingerprint density at radius 3 is 2.86 bits per heavy atom. The van der Waals surface area contributed by atoms with Gasteiger partial charge in [-0.3, -0.25) is 14.7 Å². The molecule has 1 spiro atoms. The molecule has 4 rings (SSSR count). The first-order chi connectivity index (χ1) is 13.6. The lowest BCUT2D eigenvalue weighted by Crippen LogP contribution is -2.55. The number of aliphatic hydroxyl groups is 1. The zero-order chi connectivity index (χ0) is 19.6. The third-order valence-electron chi connectivity index (χ3n) is 6.25. The molecule has 1 amide bonds. The molecule has 0 aromatic carbocycles. The number of rotatable bonds is 4. The Morgan fingerprint density at radius 2 is 2.14 bits per heavy atom. The predicted molar refractivity (Wildman–Crippen MR) is 106 cm³/mol. The van der Waals surface area contributed by atoms with Crippen molar-refractivity contribution in [3.05, 3.63) is 48.3 Å². The van der Waals surface area contributed by atoms with Gasteiger partial charge in [0.15, 0.2) is 0 Å². The third-order valence-corrected chi connectivity index (χ3v) is 6.25. The van der Waals surface area contributed by atoms with Crippen LogP contribution >= 0.6 is 0 Å². The third kappa shape index (κ3) is 3.95. The van der Waals surface area contributed by atoms with Gasteiger partial charge in [0, 0.05) is 44.4 Å². The number of likely N-dealkylation sites (tertiary alicyclic amines) is 2. The molecule has 2 aromatic rings. The van der Waals surface area contributed by atoms with Crippen molar-refractivity contribution in [1.82, 2.24) is 24.3 Å². The summed E-state index contributed by atoms with van der Waals surface area (Å²) in [6.07, 6.45) is 9.48. The molecule has 2 saturated heterocycles. The van der Waals surface area contributed by atoms with Crippen LogP contribution in [0.3, 0.4) is 0 Å².